The van der Waals surface area contributed by atoms with Gasteiger partial charge >= 0.3 is 51.4 Å². The van der Waals surface area contributed by atoms with Crippen LogP contribution >= 0.6 is 23.2 Å². The van der Waals surface area contributed by atoms with Crippen LogP contribution in [-0.2, 0) is 17.8 Å². The van der Waals surface area contributed by atoms with E-state index < -0.39 is 0 Å². The van der Waals surface area contributed by atoms with Gasteiger partial charge in [-0.3, -0.25) is 9.69 Å². The van der Waals surface area contributed by atoms with E-state index in [1.54, 1.807) is 12.1 Å². The molecular formula is C28H39Cl2KN4O. The van der Waals surface area contributed by atoms with Gasteiger partial charge in [-0.25, -0.2) is 0 Å². The van der Waals surface area contributed by atoms with Gasteiger partial charge in [0, 0.05) is 31.7 Å². The molecule has 2 unspecified atom stereocenters. The Labute approximate surface area is 269 Å². The average Bonchev–Trinajstić information content (AvgIpc) is 3.27. The number of benzene rings is 2. The number of likely N-dealkylation sites (tertiary alicyclic amines) is 1. The molecule has 2 aromatic rings. The monoisotopic (exact) mass is 556 g/mol. The van der Waals surface area contributed by atoms with Gasteiger partial charge in [0.1, 0.15) is 0 Å². The number of halogens is 2. The van der Waals surface area contributed by atoms with E-state index in [1.165, 1.54) is 5.56 Å². The average molecular weight is 558 g/mol. The van der Waals surface area contributed by atoms with Crippen LogP contribution < -0.4 is 62.4 Å². The number of amides is 1. The van der Waals surface area contributed by atoms with Crippen molar-refractivity contribution in [2.45, 2.75) is 70.6 Å². The van der Waals surface area contributed by atoms with Crippen LogP contribution in [0.15, 0.2) is 48.5 Å². The molecule has 1 aliphatic heterocycles. The Morgan fingerprint density at radius 1 is 1.11 bits per heavy atom. The summed E-state index contributed by atoms with van der Waals surface area (Å²) in [4.78, 5) is 15.5. The Kier molecular flexibility index (Phi) is 15.1. The summed E-state index contributed by atoms with van der Waals surface area (Å²) in [5.74, 6) is 0.346. The predicted molar refractivity (Wildman–Crippen MR) is 147 cm³/mol. The summed E-state index contributed by atoms with van der Waals surface area (Å²) in [6.45, 7) is 7.32. The van der Waals surface area contributed by atoms with Crippen LogP contribution in [-0.4, -0.2) is 48.6 Å². The van der Waals surface area contributed by atoms with Crippen LogP contribution in [0, 0.1) is 5.92 Å². The second kappa shape index (κ2) is 16.9. The quantitative estimate of drug-likeness (QED) is 0.372. The number of carbonyl (C=O) groups is 1. The third-order valence-corrected chi connectivity index (χ3v) is 7.38. The number of carbonyl (C=O) groups excluding carboxylic acids is 1. The third kappa shape index (κ3) is 11.0. The maximum atomic E-state index is 13.0. The molecule has 0 saturated carbocycles. The van der Waals surface area contributed by atoms with Gasteiger partial charge in [-0.2, -0.15) is 0 Å². The van der Waals surface area contributed by atoms with E-state index in [9.17, 15) is 4.79 Å². The zero-order chi connectivity index (χ0) is 25.2. The van der Waals surface area contributed by atoms with Crippen molar-refractivity contribution < 1.29 is 56.2 Å². The first-order chi connectivity index (χ1) is 16.8. The summed E-state index contributed by atoms with van der Waals surface area (Å²) in [5.41, 5.74) is 8.48. The van der Waals surface area contributed by atoms with E-state index in [0.29, 0.717) is 35.1 Å². The molecule has 0 aliphatic carbocycles. The fourth-order valence-corrected chi connectivity index (χ4v) is 5.00. The summed E-state index contributed by atoms with van der Waals surface area (Å²) in [7, 11) is 0. The standard InChI is InChI=1S/C28H39Cl2N4O.K/c1-20(2)16-27(28(35)33-18-22-9-11-25(29)26(30)17-22)32-14-12-24(34-15-13-23(31)19-34)10-8-21-6-4-3-5-7-21;/h3-7,9,11,17,20,23-24,27H,8,10,12-16,18-19,31H2,1-2H3,(H,33,35);/q-1;+1/t23?,24?,27-;/m1./s1. The van der Waals surface area contributed by atoms with Crippen LogP contribution in [0.5, 0.6) is 0 Å². The van der Waals surface area contributed by atoms with Crippen LogP contribution in [0.1, 0.15) is 50.7 Å². The minimum absolute atomic E-state index is 0. The number of nitrogens with zero attached hydrogens (tertiary/aromatic N) is 2. The molecule has 192 valence electrons. The summed E-state index contributed by atoms with van der Waals surface area (Å²) in [6, 6.07) is 16.4. The Bertz CT molecular complexity index is 931. The number of rotatable bonds is 13. The molecular weight excluding hydrogens is 518 g/mol. The first-order valence-corrected chi connectivity index (χ1v) is 13.5. The van der Waals surface area contributed by atoms with Crippen LogP contribution in [0.2, 0.25) is 10.0 Å². The van der Waals surface area contributed by atoms with Gasteiger partial charge in [-0.1, -0.05) is 92.3 Å². The zero-order valence-corrected chi connectivity index (χ0v) is 26.6. The van der Waals surface area contributed by atoms with Gasteiger partial charge in [-0.15, -0.1) is 6.54 Å². The fraction of sp³-hybridized carbons (Fsp3) is 0.536. The van der Waals surface area contributed by atoms with Crippen LogP contribution in [0.3, 0.4) is 0 Å². The number of nitrogens with one attached hydrogen (secondary N) is 1. The van der Waals surface area contributed by atoms with Crippen LogP contribution in [0.4, 0.5) is 0 Å². The van der Waals surface area contributed by atoms with E-state index in [1.807, 2.05) is 6.07 Å². The van der Waals surface area contributed by atoms with E-state index >= 15 is 0 Å². The van der Waals surface area contributed by atoms with Crippen molar-refractivity contribution in [1.82, 2.24) is 10.2 Å². The molecule has 1 saturated heterocycles. The van der Waals surface area contributed by atoms with E-state index in [4.69, 9.17) is 34.3 Å². The number of hydrogen-bond acceptors (Lipinski definition) is 3. The van der Waals surface area contributed by atoms with Crippen LogP contribution in [0.25, 0.3) is 5.32 Å². The first-order valence-electron chi connectivity index (χ1n) is 12.7. The van der Waals surface area contributed by atoms with Crippen molar-refractivity contribution in [1.29, 1.82) is 0 Å². The maximum Gasteiger partial charge on any atom is 1.00 e. The largest absolute Gasteiger partial charge is 1.00 e. The van der Waals surface area contributed by atoms with Gasteiger partial charge in [0.15, 0.2) is 0 Å². The van der Waals surface area contributed by atoms with Gasteiger partial charge in [0.25, 0.3) is 0 Å². The van der Waals surface area contributed by atoms with E-state index in [0.717, 1.165) is 50.8 Å². The molecule has 5 nitrogen and oxygen atoms in total. The summed E-state index contributed by atoms with van der Waals surface area (Å²) < 4.78 is 0. The minimum atomic E-state index is -0.353. The van der Waals surface area contributed by atoms with Crippen molar-refractivity contribution in [3.63, 3.8) is 0 Å². The maximum absolute atomic E-state index is 13.0. The zero-order valence-electron chi connectivity index (χ0n) is 21.9. The predicted octanol–water partition coefficient (Wildman–Crippen LogP) is 2.83. The second-order valence-corrected chi connectivity index (χ2v) is 10.8. The smallest absolute Gasteiger partial charge is 0.652 e. The van der Waals surface area contributed by atoms with Gasteiger partial charge in [0.2, 0.25) is 5.91 Å². The van der Waals surface area contributed by atoms with Crippen molar-refractivity contribution >= 4 is 29.1 Å². The summed E-state index contributed by atoms with van der Waals surface area (Å²) in [6.07, 6.45) is 4.83. The number of aryl methyl sites for hydroxylation is 1. The molecule has 1 aliphatic rings. The molecule has 0 radical (unpaired) electrons. The second-order valence-electron chi connectivity index (χ2n) is 10.0. The molecule has 0 aromatic heterocycles. The van der Waals surface area contributed by atoms with Crippen molar-refractivity contribution in [2.24, 2.45) is 11.7 Å². The summed E-state index contributed by atoms with van der Waals surface area (Å²) in [5, 5.41) is 8.91. The molecule has 0 spiro atoms. The summed E-state index contributed by atoms with van der Waals surface area (Å²) >= 11 is 12.1. The van der Waals surface area contributed by atoms with Gasteiger partial charge in [0.05, 0.1) is 10.0 Å². The molecule has 3 atom stereocenters. The molecule has 1 heterocycles. The molecule has 0 bridgehead atoms. The van der Waals surface area contributed by atoms with Gasteiger partial charge < -0.3 is 16.4 Å². The number of hydrogen-bond donors (Lipinski definition) is 2. The van der Waals surface area contributed by atoms with Crippen molar-refractivity contribution in [3.05, 3.63) is 75.0 Å². The number of nitrogens with two attached hydrogens (primary N) is 1. The topological polar surface area (TPSA) is 72.5 Å². The Hall–Kier alpha value is 0.00636. The Morgan fingerprint density at radius 3 is 2.50 bits per heavy atom. The molecule has 8 heteroatoms. The van der Waals surface area contributed by atoms with E-state index in [-0.39, 0.29) is 69.4 Å². The molecule has 36 heavy (non-hydrogen) atoms. The Morgan fingerprint density at radius 2 is 1.86 bits per heavy atom. The first kappa shape index (κ1) is 32.2. The molecule has 3 rings (SSSR count). The van der Waals surface area contributed by atoms with Crippen molar-refractivity contribution in [3.8, 4) is 0 Å². The molecule has 3 N–H and O–H groups in total. The Balaban J connectivity index is 0.00000456. The van der Waals surface area contributed by atoms with E-state index in [2.05, 4.69) is 54.4 Å². The SMILES string of the molecule is CC(C)C[C@@H]([N-]CCC(CCc1ccccc1)N1CCC(N)C1)C(=O)NCc1ccc(Cl)c(Cl)c1.[K+]. The third-order valence-electron chi connectivity index (χ3n) is 6.64. The van der Waals surface area contributed by atoms with Crippen molar-refractivity contribution in [2.75, 3.05) is 19.6 Å². The molecule has 2 aromatic carbocycles. The fourth-order valence-electron chi connectivity index (χ4n) is 4.68. The van der Waals surface area contributed by atoms with Gasteiger partial charge in [-0.05, 0) is 48.4 Å². The minimum Gasteiger partial charge on any atom is -0.652 e. The normalized spacial score (nSPS) is 17.6. The molecule has 1 fully saturated rings. The molecule has 1 amide bonds.